The maximum Gasteiger partial charge on any atom is 0.315 e. The van der Waals surface area contributed by atoms with Gasteiger partial charge in [0.2, 0.25) is 0 Å². The molecule has 2 aromatic rings. The molecule has 0 aliphatic heterocycles. The minimum Gasteiger partial charge on any atom is -0.466 e. The molecule has 0 aliphatic carbocycles. The molecule has 23 heavy (non-hydrogen) atoms. The second-order valence-electron chi connectivity index (χ2n) is 4.78. The minimum absolute atomic E-state index is 0.0461. The van der Waals surface area contributed by atoms with E-state index in [0.29, 0.717) is 11.0 Å². The van der Waals surface area contributed by atoms with E-state index < -0.39 is 23.4 Å². The first kappa shape index (κ1) is 16.7. The van der Waals surface area contributed by atoms with Crippen LogP contribution in [0.2, 0.25) is 0 Å². The molecule has 7 nitrogen and oxygen atoms in total. The third-order valence-electron chi connectivity index (χ3n) is 3.20. The van der Waals surface area contributed by atoms with Crippen LogP contribution in [0.25, 0.3) is 11.0 Å². The van der Waals surface area contributed by atoms with Crippen molar-refractivity contribution >= 4 is 23.0 Å². The molecule has 0 saturated carbocycles. The lowest BCUT2D eigenvalue weighted by molar-refractivity contribution is -0.151. The summed E-state index contributed by atoms with van der Waals surface area (Å²) in [4.78, 5) is 43.0. The van der Waals surface area contributed by atoms with E-state index in [-0.39, 0.29) is 25.3 Å². The van der Waals surface area contributed by atoms with Crippen LogP contribution in [0.4, 0.5) is 0 Å². The summed E-state index contributed by atoms with van der Waals surface area (Å²) in [5.41, 5.74) is 0.515. The van der Waals surface area contributed by atoms with Crippen LogP contribution in [0.3, 0.4) is 0 Å². The first-order chi connectivity index (χ1) is 11.1. The fraction of sp³-hybridized carbons (Fsp3) is 0.375. The Bertz CT molecular complexity index is 768. The normalized spacial score (nSPS) is 11.9. The summed E-state index contributed by atoms with van der Waals surface area (Å²) in [5.74, 6) is -2.35. The van der Waals surface area contributed by atoms with Gasteiger partial charge in [0, 0.05) is 0 Å². The van der Waals surface area contributed by atoms with Crippen LogP contribution in [-0.4, -0.2) is 35.1 Å². The number of nitrogens with one attached hydrogen (secondary N) is 1. The molecule has 0 spiro atoms. The highest BCUT2D eigenvalue weighted by Crippen LogP contribution is 2.19. The van der Waals surface area contributed by atoms with Gasteiger partial charge >= 0.3 is 11.9 Å². The van der Waals surface area contributed by atoms with Gasteiger partial charge in [-0.2, -0.15) is 0 Å². The van der Waals surface area contributed by atoms with Crippen LogP contribution in [0, 0.1) is 0 Å². The van der Waals surface area contributed by atoms with Crippen molar-refractivity contribution in [1.29, 1.82) is 0 Å². The Balaban J connectivity index is 2.45. The molecule has 2 rings (SSSR count). The van der Waals surface area contributed by atoms with E-state index in [0.717, 1.165) is 0 Å². The summed E-state index contributed by atoms with van der Waals surface area (Å²) in [6, 6.07) is 6.95. The van der Waals surface area contributed by atoms with E-state index in [9.17, 15) is 14.4 Å². The number of hydrogen-bond donors (Lipinski definition) is 1. The Hall–Kier alpha value is -2.70. The van der Waals surface area contributed by atoms with Gasteiger partial charge in [-0.1, -0.05) is 12.1 Å². The number of ether oxygens (including phenoxy) is 2. The van der Waals surface area contributed by atoms with Crippen molar-refractivity contribution in [2.45, 2.75) is 26.2 Å². The average molecular weight is 318 g/mol. The Labute approximate surface area is 132 Å². The van der Waals surface area contributed by atoms with Crippen molar-refractivity contribution in [3.63, 3.8) is 0 Å². The summed E-state index contributed by atoms with van der Waals surface area (Å²) < 4.78 is 9.83. The topological polar surface area (TPSA) is 98.3 Å². The SMILES string of the molecule is CCOC(=O)C[C@H](C(=O)OCC)c1nc2ccccc2[nH]c1=O. The van der Waals surface area contributed by atoms with E-state index in [1.807, 2.05) is 0 Å². The Morgan fingerprint density at radius 3 is 2.57 bits per heavy atom. The number of carbonyl (C=O) groups excluding carboxylic acids is 2. The maximum atomic E-state index is 12.2. The summed E-state index contributed by atoms with van der Waals surface area (Å²) in [5, 5.41) is 0. The minimum atomic E-state index is -1.10. The third kappa shape index (κ3) is 3.94. The van der Waals surface area contributed by atoms with Crippen molar-refractivity contribution in [3.8, 4) is 0 Å². The Kier molecular flexibility index (Phi) is 5.46. The van der Waals surface area contributed by atoms with Crippen LogP contribution in [0.15, 0.2) is 29.1 Å². The van der Waals surface area contributed by atoms with Gasteiger partial charge in [0.15, 0.2) is 0 Å². The summed E-state index contributed by atoms with van der Waals surface area (Å²) in [6.07, 6.45) is -0.291. The second-order valence-corrected chi connectivity index (χ2v) is 4.78. The van der Waals surface area contributed by atoms with Crippen molar-refractivity contribution < 1.29 is 19.1 Å². The molecule has 7 heteroatoms. The molecule has 1 N–H and O–H groups in total. The number of para-hydroxylation sites is 2. The Morgan fingerprint density at radius 1 is 1.17 bits per heavy atom. The Morgan fingerprint density at radius 2 is 1.87 bits per heavy atom. The fourth-order valence-corrected chi connectivity index (χ4v) is 2.20. The molecular weight excluding hydrogens is 300 g/mol. The largest absolute Gasteiger partial charge is 0.466 e. The monoisotopic (exact) mass is 318 g/mol. The number of hydrogen-bond acceptors (Lipinski definition) is 6. The molecule has 1 aromatic heterocycles. The molecule has 0 fully saturated rings. The van der Waals surface area contributed by atoms with Gasteiger partial charge in [0.05, 0.1) is 30.7 Å². The molecule has 0 bridgehead atoms. The molecule has 1 atom stereocenters. The first-order valence-corrected chi connectivity index (χ1v) is 7.38. The van der Waals surface area contributed by atoms with Crippen LogP contribution in [-0.2, 0) is 19.1 Å². The van der Waals surface area contributed by atoms with Gasteiger partial charge in [0.1, 0.15) is 11.6 Å². The fourth-order valence-electron chi connectivity index (χ4n) is 2.20. The molecule has 0 amide bonds. The van der Waals surface area contributed by atoms with E-state index in [4.69, 9.17) is 9.47 Å². The van der Waals surface area contributed by atoms with Crippen LogP contribution in [0.5, 0.6) is 0 Å². The molecule has 0 radical (unpaired) electrons. The number of aromatic amines is 1. The number of carbonyl (C=O) groups is 2. The van der Waals surface area contributed by atoms with Gasteiger partial charge in [-0.3, -0.25) is 14.4 Å². The number of aromatic nitrogens is 2. The zero-order valence-electron chi connectivity index (χ0n) is 13.0. The van der Waals surface area contributed by atoms with Crippen molar-refractivity contribution in [2.24, 2.45) is 0 Å². The lowest BCUT2D eigenvalue weighted by Crippen LogP contribution is -2.28. The number of H-pyrrole nitrogens is 1. The van der Waals surface area contributed by atoms with Gasteiger partial charge in [-0.05, 0) is 26.0 Å². The van der Waals surface area contributed by atoms with Crippen LogP contribution >= 0.6 is 0 Å². The highest BCUT2D eigenvalue weighted by molar-refractivity contribution is 5.84. The van der Waals surface area contributed by atoms with Gasteiger partial charge < -0.3 is 14.5 Å². The molecule has 0 saturated heterocycles. The lowest BCUT2D eigenvalue weighted by atomic mass is 10.0. The molecule has 0 aliphatic rings. The third-order valence-corrected chi connectivity index (χ3v) is 3.20. The molecule has 122 valence electrons. The second kappa shape index (κ2) is 7.53. The van der Waals surface area contributed by atoms with Crippen molar-refractivity contribution in [3.05, 3.63) is 40.3 Å². The van der Waals surface area contributed by atoms with Crippen LogP contribution in [0.1, 0.15) is 31.9 Å². The number of nitrogens with zero attached hydrogens (tertiary/aromatic N) is 1. The zero-order chi connectivity index (χ0) is 16.8. The standard InChI is InChI=1S/C16H18N2O5/c1-3-22-13(19)9-10(16(21)23-4-2)14-15(20)18-12-8-6-5-7-11(12)17-14/h5-8,10H,3-4,9H2,1-2H3,(H,18,20)/t10-/m0/s1. The highest BCUT2D eigenvalue weighted by Gasteiger charge is 2.30. The highest BCUT2D eigenvalue weighted by atomic mass is 16.5. The number of fused-ring (bicyclic) bond motifs is 1. The van der Waals surface area contributed by atoms with Gasteiger partial charge in [-0.25, -0.2) is 4.98 Å². The summed E-state index contributed by atoms with van der Waals surface area (Å²) in [6.45, 7) is 3.65. The van der Waals surface area contributed by atoms with Gasteiger partial charge in [-0.15, -0.1) is 0 Å². The smallest absolute Gasteiger partial charge is 0.315 e. The number of rotatable bonds is 6. The molecule has 1 heterocycles. The average Bonchev–Trinajstić information content (AvgIpc) is 2.52. The van der Waals surface area contributed by atoms with E-state index >= 15 is 0 Å². The summed E-state index contributed by atoms with van der Waals surface area (Å²) in [7, 11) is 0. The maximum absolute atomic E-state index is 12.2. The zero-order valence-corrected chi connectivity index (χ0v) is 13.0. The van der Waals surface area contributed by atoms with Crippen molar-refractivity contribution in [2.75, 3.05) is 13.2 Å². The van der Waals surface area contributed by atoms with E-state index in [1.165, 1.54) is 0 Å². The molecular formula is C16H18N2O5. The predicted molar refractivity (Wildman–Crippen MR) is 83.0 cm³/mol. The lowest BCUT2D eigenvalue weighted by Gasteiger charge is -2.14. The quantitative estimate of drug-likeness (QED) is 0.811. The molecule has 0 unspecified atom stereocenters. The van der Waals surface area contributed by atoms with E-state index in [1.54, 1.807) is 38.1 Å². The number of benzene rings is 1. The molecule has 1 aromatic carbocycles. The van der Waals surface area contributed by atoms with Crippen molar-refractivity contribution in [1.82, 2.24) is 9.97 Å². The summed E-state index contributed by atoms with van der Waals surface area (Å²) >= 11 is 0. The van der Waals surface area contributed by atoms with E-state index in [2.05, 4.69) is 9.97 Å². The predicted octanol–water partition coefficient (Wildman–Crippen LogP) is 1.52. The first-order valence-electron chi connectivity index (χ1n) is 7.38. The van der Waals surface area contributed by atoms with Crippen LogP contribution < -0.4 is 5.56 Å². The van der Waals surface area contributed by atoms with Gasteiger partial charge in [0.25, 0.3) is 5.56 Å². The number of esters is 2.